The largest absolute Gasteiger partial charge is 0.481 e. The summed E-state index contributed by atoms with van der Waals surface area (Å²) in [6.07, 6.45) is 0.617. The van der Waals surface area contributed by atoms with Crippen molar-refractivity contribution in [2.45, 2.75) is 12.3 Å². The van der Waals surface area contributed by atoms with Crippen LogP contribution < -0.4 is 0 Å². The van der Waals surface area contributed by atoms with E-state index in [9.17, 15) is 9.18 Å². The summed E-state index contributed by atoms with van der Waals surface area (Å²) in [7, 11) is 0. The second-order valence-electron chi connectivity index (χ2n) is 4.50. The fourth-order valence-electron chi connectivity index (χ4n) is 2.13. The van der Waals surface area contributed by atoms with Crippen LogP contribution in [0.4, 0.5) is 4.39 Å². The lowest BCUT2D eigenvalue weighted by Crippen LogP contribution is -1.98. The van der Waals surface area contributed by atoms with Crippen molar-refractivity contribution in [3.8, 4) is 11.3 Å². The summed E-state index contributed by atoms with van der Waals surface area (Å²) in [6.45, 7) is 0. The molecule has 2 atom stereocenters. The summed E-state index contributed by atoms with van der Waals surface area (Å²) in [5.74, 6) is -0.243. The molecule has 1 saturated carbocycles. The fraction of sp³-hybridized carbons (Fsp3) is 0.214. The monoisotopic (exact) mass is 246 g/mol. The highest BCUT2D eigenvalue weighted by Crippen LogP contribution is 2.48. The molecular weight excluding hydrogens is 235 g/mol. The molecule has 2 aromatic rings. The Morgan fingerprint density at radius 3 is 2.83 bits per heavy atom. The third kappa shape index (κ3) is 1.90. The van der Waals surface area contributed by atoms with E-state index >= 15 is 0 Å². The van der Waals surface area contributed by atoms with Crippen molar-refractivity contribution in [1.29, 1.82) is 0 Å². The second-order valence-corrected chi connectivity index (χ2v) is 4.50. The van der Waals surface area contributed by atoms with Crippen LogP contribution in [0.5, 0.6) is 0 Å². The van der Waals surface area contributed by atoms with E-state index in [-0.39, 0.29) is 17.7 Å². The lowest BCUT2D eigenvalue weighted by Gasteiger charge is -1.97. The molecule has 1 N–H and O–H groups in total. The molecule has 0 radical (unpaired) electrons. The molecule has 4 heteroatoms. The molecule has 1 aliphatic rings. The average molecular weight is 246 g/mol. The first kappa shape index (κ1) is 11.0. The van der Waals surface area contributed by atoms with Crippen LogP contribution in [0.15, 0.2) is 40.8 Å². The third-order valence-electron chi connectivity index (χ3n) is 3.21. The van der Waals surface area contributed by atoms with E-state index < -0.39 is 5.97 Å². The first-order valence-electron chi connectivity index (χ1n) is 5.73. The number of carbonyl (C=O) groups is 1. The van der Waals surface area contributed by atoms with E-state index in [0.717, 1.165) is 0 Å². The quantitative estimate of drug-likeness (QED) is 0.904. The highest BCUT2D eigenvalue weighted by molar-refractivity contribution is 5.75. The van der Waals surface area contributed by atoms with Gasteiger partial charge in [-0.05, 0) is 30.7 Å². The number of carboxylic acids is 1. The maximum absolute atomic E-state index is 13.1. The molecule has 0 bridgehead atoms. The molecule has 0 amide bonds. The molecule has 1 aromatic heterocycles. The van der Waals surface area contributed by atoms with Crippen LogP contribution in [0.3, 0.4) is 0 Å². The van der Waals surface area contributed by atoms with E-state index in [4.69, 9.17) is 9.52 Å². The van der Waals surface area contributed by atoms with Gasteiger partial charge in [0.2, 0.25) is 0 Å². The smallest absolute Gasteiger partial charge is 0.307 e. The topological polar surface area (TPSA) is 50.4 Å². The Morgan fingerprint density at radius 1 is 1.33 bits per heavy atom. The van der Waals surface area contributed by atoms with Gasteiger partial charge in [-0.1, -0.05) is 12.1 Å². The van der Waals surface area contributed by atoms with Gasteiger partial charge in [-0.15, -0.1) is 0 Å². The van der Waals surface area contributed by atoms with Gasteiger partial charge in [0.15, 0.2) is 0 Å². The first-order valence-corrected chi connectivity index (χ1v) is 5.73. The molecule has 0 spiro atoms. The van der Waals surface area contributed by atoms with Crippen molar-refractivity contribution in [2.24, 2.45) is 5.92 Å². The van der Waals surface area contributed by atoms with Crippen LogP contribution in [0.2, 0.25) is 0 Å². The van der Waals surface area contributed by atoms with Gasteiger partial charge in [-0.25, -0.2) is 4.39 Å². The van der Waals surface area contributed by atoms with Crippen LogP contribution in [-0.2, 0) is 4.79 Å². The van der Waals surface area contributed by atoms with E-state index in [1.54, 1.807) is 24.3 Å². The molecule has 0 unspecified atom stereocenters. The van der Waals surface area contributed by atoms with Gasteiger partial charge in [0.25, 0.3) is 0 Å². The number of furan rings is 1. The number of hydrogen-bond donors (Lipinski definition) is 1. The van der Waals surface area contributed by atoms with E-state index in [0.29, 0.717) is 23.5 Å². The fourth-order valence-corrected chi connectivity index (χ4v) is 2.13. The van der Waals surface area contributed by atoms with Crippen LogP contribution in [0.25, 0.3) is 11.3 Å². The molecule has 1 aromatic carbocycles. The number of aliphatic carboxylic acids is 1. The molecule has 1 aliphatic carbocycles. The Hall–Kier alpha value is -2.10. The summed E-state index contributed by atoms with van der Waals surface area (Å²) in [6, 6.07) is 9.66. The summed E-state index contributed by atoms with van der Waals surface area (Å²) in [5.41, 5.74) is 0.661. The van der Waals surface area contributed by atoms with Gasteiger partial charge >= 0.3 is 5.97 Å². The zero-order chi connectivity index (χ0) is 12.7. The maximum atomic E-state index is 13.1. The molecular formula is C14H11FO3. The van der Waals surface area contributed by atoms with Crippen LogP contribution >= 0.6 is 0 Å². The highest BCUT2D eigenvalue weighted by Gasteiger charge is 2.46. The van der Waals surface area contributed by atoms with Crippen molar-refractivity contribution in [1.82, 2.24) is 0 Å². The molecule has 3 nitrogen and oxygen atoms in total. The van der Waals surface area contributed by atoms with Gasteiger partial charge in [0, 0.05) is 11.5 Å². The Morgan fingerprint density at radius 2 is 2.17 bits per heavy atom. The van der Waals surface area contributed by atoms with Crippen molar-refractivity contribution in [3.05, 3.63) is 48.0 Å². The Labute approximate surface area is 103 Å². The van der Waals surface area contributed by atoms with Crippen molar-refractivity contribution < 1.29 is 18.7 Å². The first-order chi connectivity index (χ1) is 8.65. The Balaban J connectivity index is 1.84. The summed E-state index contributed by atoms with van der Waals surface area (Å²) < 4.78 is 18.7. The Bertz CT molecular complexity index is 603. The van der Waals surface area contributed by atoms with Crippen molar-refractivity contribution >= 4 is 5.97 Å². The third-order valence-corrected chi connectivity index (χ3v) is 3.21. The van der Waals surface area contributed by atoms with Crippen LogP contribution in [-0.4, -0.2) is 11.1 Å². The van der Waals surface area contributed by atoms with Gasteiger partial charge in [0.1, 0.15) is 17.3 Å². The van der Waals surface area contributed by atoms with Gasteiger partial charge in [-0.2, -0.15) is 0 Å². The number of halogens is 1. The molecule has 1 fully saturated rings. The number of hydrogen-bond acceptors (Lipinski definition) is 2. The predicted octanol–water partition coefficient (Wildman–Crippen LogP) is 3.27. The highest BCUT2D eigenvalue weighted by atomic mass is 19.1. The van der Waals surface area contributed by atoms with Crippen molar-refractivity contribution in [3.63, 3.8) is 0 Å². The minimum atomic E-state index is -0.788. The summed E-state index contributed by atoms with van der Waals surface area (Å²) >= 11 is 0. The number of benzene rings is 1. The minimum Gasteiger partial charge on any atom is -0.481 e. The molecule has 1 heterocycles. The maximum Gasteiger partial charge on any atom is 0.307 e. The molecule has 3 rings (SSSR count). The average Bonchev–Trinajstić information content (AvgIpc) is 3.00. The van der Waals surface area contributed by atoms with E-state index in [2.05, 4.69) is 0 Å². The molecule has 0 aliphatic heterocycles. The van der Waals surface area contributed by atoms with Gasteiger partial charge < -0.3 is 9.52 Å². The SMILES string of the molecule is O=C(O)[C@H]1C[C@H]1c1ccc(-c2cccc(F)c2)o1. The zero-order valence-corrected chi connectivity index (χ0v) is 9.47. The lowest BCUT2D eigenvalue weighted by molar-refractivity contribution is -0.138. The minimum absolute atomic E-state index is 0.0372. The molecule has 0 saturated heterocycles. The summed E-state index contributed by atoms with van der Waals surface area (Å²) in [4.78, 5) is 10.8. The Kier molecular flexibility index (Phi) is 2.44. The summed E-state index contributed by atoms with van der Waals surface area (Å²) in [5, 5.41) is 8.85. The van der Waals surface area contributed by atoms with E-state index in [1.807, 2.05) is 0 Å². The van der Waals surface area contributed by atoms with Gasteiger partial charge in [0.05, 0.1) is 5.92 Å². The lowest BCUT2D eigenvalue weighted by atomic mass is 10.2. The normalized spacial score (nSPS) is 21.8. The molecule has 92 valence electrons. The van der Waals surface area contributed by atoms with Crippen molar-refractivity contribution in [2.75, 3.05) is 0 Å². The van der Waals surface area contributed by atoms with Gasteiger partial charge in [-0.3, -0.25) is 4.79 Å². The van der Waals surface area contributed by atoms with Crippen LogP contribution in [0, 0.1) is 11.7 Å². The second kappa shape index (κ2) is 3.98. The number of carboxylic acid groups (broad SMARTS) is 1. The number of rotatable bonds is 3. The predicted molar refractivity (Wildman–Crippen MR) is 62.6 cm³/mol. The standard InChI is InChI=1S/C14H11FO3/c15-9-3-1-2-8(6-9)12-4-5-13(18-12)10-7-11(10)14(16)17/h1-6,10-11H,7H2,(H,16,17)/t10-,11+/m1/s1. The van der Waals surface area contributed by atoms with Crippen LogP contribution in [0.1, 0.15) is 18.1 Å². The molecule has 18 heavy (non-hydrogen) atoms. The zero-order valence-electron chi connectivity index (χ0n) is 9.47. The van der Waals surface area contributed by atoms with E-state index in [1.165, 1.54) is 12.1 Å².